The van der Waals surface area contributed by atoms with Gasteiger partial charge in [-0.15, -0.1) is 11.3 Å². The molecule has 0 aliphatic rings. The van der Waals surface area contributed by atoms with Crippen molar-refractivity contribution in [3.05, 3.63) is 11.1 Å². The lowest BCUT2D eigenvalue weighted by Crippen LogP contribution is -2.17. The van der Waals surface area contributed by atoms with Crippen LogP contribution >= 0.6 is 11.3 Å². The first-order valence-electron chi connectivity index (χ1n) is 6.85. The van der Waals surface area contributed by atoms with Crippen molar-refractivity contribution in [3.8, 4) is 0 Å². The number of ether oxygens (including phenoxy) is 2. The van der Waals surface area contributed by atoms with Crippen LogP contribution in [0.2, 0.25) is 0 Å². The van der Waals surface area contributed by atoms with Gasteiger partial charge >= 0.3 is 5.97 Å². The standard InChI is InChI=1S/C14H22N2O4S/c1-10(8-19-2)7-12(17)16-14-15-11(9-21-14)5-4-6-13(18)20-3/h9-10H,4-8H2,1-3H3,(H,15,16,17). The van der Waals surface area contributed by atoms with Crippen LogP contribution in [0, 0.1) is 5.92 Å². The molecule has 0 aromatic carbocycles. The summed E-state index contributed by atoms with van der Waals surface area (Å²) >= 11 is 1.39. The van der Waals surface area contributed by atoms with Gasteiger partial charge in [0.15, 0.2) is 5.13 Å². The van der Waals surface area contributed by atoms with Gasteiger partial charge in [0.05, 0.1) is 12.8 Å². The van der Waals surface area contributed by atoms with Crippen molar-refractivity contribution in [2.45, 2.75) is 32.6 Å². The second-order valence-electron chi connectivity index (χ2n) is 4.89. The average molecular weight is 314 g/mol. The molecule has 1 aromatic heterocycles. The molecule has 118 valence electrons. The highest BCUT2D eigenvalue weighted by Crippen LogP contribution is 2.18. The number of rotatable bonds is 9. The molecule has 1 rings (SSSR count). The van der Waals surface area contributed by atoms with Gasteiger partial charge in [-0.05, 0) is 18.8 Å². The summed E-state index contributed by atoms with van der Waals surface area (Å²) in [6.07, 6.45) is 2.17. The minimum Gasteiger partial charge on any atom is -0.469 e. The Bertz CT molecular complexity index is 462. The fourth-order valence-corrected chi connectivity index (χ4v) is 2.59. The third kappa shape index (κ3) is 7.19. The molecule has 0 radical (unpaired) electrons. The van der Waals surface area contributed by atoms with E-state index in [1.165, 1.54) is 18.4 Å². The molecular weight excluding hydrogens is 292 g/mol. The first-order valence-corrected chi connectivity index (χ1v) is 7.73. The van der Waals surface area contributed by atoms with E-state index in [0.29, 0.717) is 37.4 Å². The third-order valence-electron chi connectivity index (χ3n) is 2.82. The normalized spacial score (nSPS) is 12.0. The number of hydrogen-bond acceptors (Lipinski definition) is 6. The van der Waals surface area contributed by atoms with E-state index in [1.54, 1.807) is 7.11 Å². The SMILES string of the molecule is COCC(C)CC(=O)Nc1nc(CCCC(=O)OC)cs1. The summed E-state index contributed by atoms with van der Waals surface area (Å²) < 4.78 is 9.58. The summed E-state index contributed by atoms with van der Waals surface area (Å²) in [6, 6.07) is 0. The van der Waals surface area contributed by atoms with Gasteiger partial charge in [-0.1, -0.05) is 6.92 Å². The van der Waals surface area contributed by atoms with E-state index in [-0.39, 0.29) is 17.8 Å². The van der Waals surface area contributed by atoms with Crippen molar-refractivity contribution in [2.24, 2.45) is 5.92 Å². The van der Waals surface area contributed by atoms with Crippen LogP contribution in [-0.4, -0.2) is 37.7 Å². The van der Waals surface area contributed by atoms with Crippen LogP contribution in [0.5, 0.6) is 0 Å². The zero-order valence-corrected chi connectivity index (χ0v) is 13.5. The van der Waals surface area contributed by atoms with Gasteiger partial charge in [-0.25, -0.2) is 4.98 Å². The number of carbonyl (C=O) groups excluding carboxylic acids is 2. The quantitative estimate of drug-likeness (QED) is 0.707. The first-order chi connectivity index (χ1) is 10.0. The van der Waals surface area contributed by atoms with Crippen LogP contribution < -0.4 is 5.32 Å². The van der Waals surface area contributed by atoms with Crippen molar-refractivity contribution >= 4 is 28.3 Å². The zero-order valence-electron chi connectivity index (χ0n) is 12.7. The van der Waals surface area contributed by atoms with E-state index < -0.39 is 0 Å². The van der Waals surface area contributed by atoms with Crippen LogP contribution in [0.15, 0.2) is 5.38 Å². The monoisotopic (exact) mass is 314 g/mol. The van der Waals surface area contributed by atoms with Gasteiger partial charge in [0.2, 0.25) is 5.91 Å². The number of aryl methyl sites for hydroxylation is 1. The summed E-state index contributed by atoms with van der Waals surface area (Å²) in [5, 5.41) is 5.27. The Labute approximate surface area is 128 Å². The molecule has 6 nitrogen and oxygen atoms in total. The number of nitrogens with one attached hydrogen (secondary N) is 1. The first kappa shape index (κ1) is 17.6. The van der Waals surface area contributed by atoms with E-state index in [0.717, 1.165) is 5.69 Å². The van der Waals surface area contributed by atoms with Gasteiger partial charge in [0.25, 0.3) is 0 Å². The summed E-state index contributed by atoms with van der Waals surface area (Å²) in [6.45, 7) is 2.52. The van der Waals surface area contributed by atoms with Crippen molar-refractivity contribution in [3.63, 3.8) is 0 Å². The molecule has 0 bridgehead atoms. The van der Waals surface area contributed by atoms with Crippen LogP contribution in [0.1, 0.15) is 31.9 Å². The van der Waals surface area contributed by atoms with E-state index in [4.69, 9.17) is 4.74 Å². The summed E-state index contributed by atoms with van der Waals surface area (Å²) in [7, 11) is 3.00. The molecule has 7 heteroatoms. The molecule has 0 saturated heterocycles. The van der Waals surface area contributed by atoms with Gasteiger partial charge < -0.3 is 14.8 Å². The maximum absolute atomic E-state index is 11.8. The van der Waals surface area contributed by atoms with Crippen LogP contribution in [0.3, 0.4) is 0 Å². The molecule has 0 saturated carbocycles. The maximum Gasteiger partial charge on any atom is 0.305 e. The lowest BCUT2D eigenvalue weighted by molar-refractivity contribution is -0.140. The predicted octanol–water partition coefficient (Wildman–Crippen LogP) is 2.25. The Morgan fingerprint density at radius 1 is 1.43 bits per heavy atom. The topological polar surface area (TPSA) is 77.5 Å². The highest BCUT2D eigenvalue weighted by molar-refractivity contribution is 7.13. The van der Waals surface area contributed by atoms with Gasteiger partial charge in [0, 0.05) is 31.9 Å². The van der Waals surface area contributed by atoms with E-state index in [9.17, 15) is 9.59 Å². The third-order valence-corrected chi connectivity index (χ3v) is 3.63. The van der Waals surface area contributed by atoms with E-state index >= 15 is 0 Å². The Morgan fingerprint density at radius 3 is 2.86 bits per heavy atom. The zero-order chi connectivity index (χ0) is 15.7. The fourth-order valence-electron chi connectivity index (χ4n) is 1.83. The molecule has 1 N–H and O–H groups in total. The van der Waals surface area contributed by atoms with Crippen LogP contribution in [-0.2, 0) is 25.5 Å². The number of hydrogen-bond donors (Lipinski definition) is 1. The molecule has 1 unspecified atom stereocenters. The van der Waals surface area contributed by atoms with Gasteiger partial charge in [-0.2, -0.15) is 0 Å². The van der Waals surface area contributed by atoms with Crippen LogP contribution in [0.4, 0.5) is 5.13 Å². The second-order valence-corrected chi connectivity index (χ2v) is 5.74. The molecule has 1 aromatic rings. The van der Waals surface area contributed by atoms with Gasteiger partial charge in [-0.3, -0.25) is 9.59 Å². The maximum atomic E-state index is 11.8. The molecule has 0 spiro atoms. The largest absolute Gasteiger partial charge is 0.469 e. The summed E-state index contributed by atoms with van der Waals surface area (Å²) in [4.78, 5) is 27.1. The number of thiazole rings is 1. The molecule has 1 heterocycles. The smallest absolute Gasteiger partial charge is 0.305 e. The predicted molar refractivity (Wildman–Crippen MR) is 81.4 cm³/mol. The second kappa shape index (κ2) is 9.46. The molecular formula is C14H22N2O4S. The lowest BCUT2D eigenvalue weighted by atomic mass is 10.1. The Hall–Kier alpha value is -1.47. The molecule has 21 heavy (non-hydrogen) atoms. The lowest BCUT2D eigenvalue weighted by Gasteiger charge is -2.08. The fraction of sp³-hybridized carbons (Fsp3) is 0.643. The Morgan fingerprint density at radius 2 is 2.19 bits per heavy atom. The van der Waals surface area contributed by atoms with Crippen LogP contribution in [0.25, 0.3) is 0 Å². The highest BCUT2D eigenvalue weighted by atomic mass is 32.1. The Kier molecular flexibility index (Phi) is 7.92. The Balaban J connectivity index is 2.34. The number of esters is 1. The number of amides is 1. The minimum atomic E-state index is -0.217. The van der Waals surface area contributed by atoms with Crippen molar-refractivity contribution < 1.29 is 19.1 Å². The molecule has 0 fully saturated rings. The molecule has 1 amide bonds. The number of methoxy groups -OCH3 is 2. The highest BCUT2D eigenvalue weighted by Gasteiger charge is 2.11. The number of carbonyl (C=O) groups is 2. The number of nitrogens with zero attached hydrogens (tertiary/aromatic N) is 1. The van der Waals surface area contributed by atoms with Crippen molar-refractivity contribution in [2.75, 3.05) is 26.1 Å². The summed E-state index contributed by atoms with van der Waals surface area (Å²) in [5.74, 6) is -0.101. The van der Waals surface area contributed by atoms with Crippen molar-refractivity contribution in [1.29, 1.82) is 0 Å². The summed E-state index contributed by atoms with van der Waals surface area (Å²) in [5.41, 5.74) is 0.879. The molecule has 0 aliphatic heterocycles. The van der Waals surface area contributed by atoms with Gasteiger partial charge in [0.1, 0.15) is 0 Å². The molecule has 0 aliphatic carbocycles. The number of aromatic nitrogens is 1. The minimum absolute atomic E-state index is 0.0602. The number of anilines is 1. The molecule has 1 atom stereocenters. The van der Waals surface area contributed by atoms with E-state index in [2.05, 4.69) is 15.0 Å². The average Bonchev–Trinajstić information content (AvgIpc) is 2.85. The van der Waals surface area contributed by atoms with E-state index in [1.807, 2.05) is 12.3 Å². The van der Waals surface area contributed by atoms with Crippen molar-refractivity contribution in [1.82, 2.24) is 4.98 Å².